The van der Waals surface area contributed by atoms with Crippen molar-refractivity contribution in [3.63, 3.8) is 0 Å². The molecule has 1 fully saturated rings. The van der Waals surface area contributed by atoms with Gasteiger partial charge in [0.2, 0.25) is 0 Å². The molecule has 2 atom stereocenters. The van der Waals surface area contributed by atoms with E-state index >= 15 is 0 Å². The van der Waals surface area contributed by atoms with Crippen LogP contribution in [0.1, 0.15) is 39.7 Å². The largest absolute Gasteiger partial charge is 0.377 e. The van der Waals surface area contributed by atoms with E-state index in [1.54, 1.807) is 0 Å². The fraction of sp³-hybridized carbons (Fsp3) is 0.667. The summed E-state index contributed by atoms with van der Waals surface area (Å²) in [6, 6.07) is 4.75. The highest BCUT2D eigenvalue weighted by Crippen LogP contribution is 2.30. The molecule has 1 aromatic heterocycles. The van der Waals surface area contributed by atoms with Crippen LogP contribution in [0.2, 0.25) is 0 Å². The van der Waals surface area contributed by atoms with Crippen molar-refractivity contribution in [1.29, 1.82) is 0 Å². The minimum atomic E-state index is 0.201. The summed E-state index contributed by atoms with van der Waals surface area (Å²) >= 11 is 1.81. The highest BCUT2D eigenvalue weighted by atomic mass is 32.2. The highest BCUT2D eigenvalue weighted by molar-refractivity contribution is 8.00. The maximum Gasteiger partial charge on any atom is 0.0968 e. The highest BCUT2D eigenvalue weighted by Gasteiger charge is 2.23. The minimum absolute atomic E-state index is 0.201. The van der Waals surface area contributed by atoms with Crippen molar-refractivity contribution in [2.75, 3.05) is 6.61 Å². The van der Waals surface area contributed by atoms with Gasteiger partial charge in [-0.25, -0.2) is 4.98 Å². The number of nitrogens with one attached hydrogen (secondary N) is 1. The van der Waals surface area contributed by atoms with Crippen molar-refractivity contribution in [1.82, 2.24) is 10.3 Å². The number of thioether (sulfide) groups is 1. The van der Waals surface area contributed by atoms with Crippen LogP contribution < -0.4 is 5.32 Å². The second-order valence-electron chi connectivity index (χ2n) is 6.07. The Morgan fingerprint density at radius 2 is 2.26 bits per heavy atom. The average molecular weight is 280 g/mol. The molecule has 19 heavy (non-hydrogen) atoms. The Labute approximate surface area is 120 Å². The molecule has 0 radical (unpaired) electrons. The van der Waals surface area contributed by atoms with Crippen molar-refractivity contribution in [3.8, 4) is 0 Å². The predicted molar refractivity (Wildman–Crippen MR) is 80.5 cm³/mol. The van der Waals surface area contributed by atoms with Crippen LogP contribution in [0.3, 0.4) is 0 Å². The standard InChI is InChI=1S/C15H24N2OS/c1-11-13(6-8-18-11)17-10-12-5-7-16-14(9-12)19-15(2,3)4/h5,7,9,11,13,17H,6,8,10H2,1-4H3. The molecule has 0 spiro atoms. The molecule has 0 aliphatic carbocycles. The van der Waals surface area contributed by atoms with Crippen molar-refractivity contribution in [2.24, 2.45) is 0 Å². The first kappa shape index (κ1) is 14.8. The molecule has 0 amide bonds. The average Bonchev–Trinajstić information content (AvgIpc) is 2.70. The van der Waals surface area contributed by atoms with Crippen molar-refractivity contribution < 1.29 is 4.74 Å². The van der Waals surface area contributed by atoms with E-state index in [1.807, 2.05) is 18.0 Å². The third kappa shape index (κ3) is 4.79. The molecule has 0 aromatic carbocycles. The minimum Gasteiger partial charge on any atom is -0.377 e. The fourth-order valence-electron chi connectivity index (χ4n) is 2.18. The number of rotatable bonds is 4. The van der Waals surface area contributed by atoms with Gasteiger partial charge in [-0.2, -0.15) is 0 Å². The molecule has 0 bridgehead atoms. The third-order valence-corrected chi connectivity index (χ3v) is 4.20. The van der Waals surface area contributed by atoms with E-state index in [1.165, 1.54) is 5.56 Å². The quantitative estimate of drug-likeness (QED) is 0.859. The van der Waals surface area contributed by atoms with Crippen molar-refractivity contribution in [2.45, 2.75) is 62.6 Å². The van der Waals surface area contributed by atoms with Gasteiger partial charge in [-0.15, -0.1) is 11.8 Å². The second-order valence-corrected chi connectivity index (χ2v) is 7.92. The first-order valence-electron chi connectivity index (χ1n) is 6.93. The lowest BCUT2D eigenvalue weighted by Gasteiger charge is -2.18. The maximum absolute atomic E-state index is 5.56. The molecule has 1 saturated heterocycles. The monoisotopic (exact) mass is 280 g/mol. The smallest absolute Gasteiger partial charge is 0.0968 e. The molecule has 2 heterocycles. The normalized spacial score (nSPS) is 23.8. The molecule has 0 saturated carbocycles. The van der Waals surface area contributed by atoms with Crippen LogP contribution in [0.25, 0.3) is 0 Å². The van der Waals surface area contributed by atoms with Crippen LogP contribution in [0.15, 0.2) is 23.4 Å². The summed E-state index contributed by atoms with van der Waals surface area (Å²) in [5, 5.41) is 4.68. The lowest BCUT2D eigenvalue weighted by Crippen LogP contribution is -2.34. The predicted octanol–water partition coefficient (Wildman–Crippen LogP) is 3.24. The van der Waals surface area contributed by atoms with Crippen LogP contribution in [0, 0.1) is 0 Å². The van der Waals surface area contributed by atoms with E-state index in [0.29, 0.717) is 12.1 Å². The number of ether oxygens (including phenoxy) is 1. The Balaban J connectivity index is 1.91. The van der Waals surface area contributed by atoms with Gasteiger partial charge in [0.05, 0.1) is 11.1 Å². The molecule has 1 N–H and O–H groups in total. The number of hydrogen-bond donors (Lipinski definition) is 1. The van der Waals surface area contributed by atoms with E-state index in [0.717, 1.165) is 24.6 Å². The van der Waals surface area contributed by atoms with Gasteiger partial charge in [0.1, 0.15) is 0 Å². The van der Waals surface area contributed by atoms with Crippen molar-refractivity contribution >= 4 is 11.8 Å². The Kier molecular flexibility index (Phi) is 4.87. The number of pyridine rings is 1. The van der Waals surface area contributed by atoms with Crippen LogP contribution in [-0.2, 0) is 11.3 Å². The van der Waals surface area contributed by atoms with Gasteiger partial charge in [-0.05, 0) is 31.0 Å². The summed E-state index contributed by atoms with van der Waals surface area (Å²) < 4.78 is 5.77. The van der Waals surface area contributed by atoms with Gasteiger partial charge in [-0.3, -0.25) is 0 Å². The van der Waals surface area contributed by atoms with Gasteiger partial charge in [-0.1, -0.05) is 20.8 Å². The molecule has 4 heteroatoms. The lowest BCUT2D eigenvalue weighted by atomic mass is 10.1. The molecular formula is C15H24N2OS. The van der Waals surface area contributed by atoms with Gasteiger partial charge in [0.15, 0.2) is 0 Å². The Bertz CT molecular complexity index is 417. The van der Waals surface area contributed by atoms with Crippen LogP contribution in [0.5, 0.6) is 0 Å². The molecule has 106 valence electrons. The third-order valence-electron chi connectivity index (χ3n) is 3.15. The zero-order valence-corrected chi connectivity index (χ0v) is 13.1. The summed E-state index contributed by atoms with van der Waals surface area (Å²) in [5.74, 6) is 0. The Morgan fingerprint density at radius 3 is 2.89 bits per heavy atom. The molecule has 1 aromatic rings. The zero-order valence-electron chi connectivity index (χ0n) is 12.3. The molecule has 2 unspecified atom stereocenters. The number of aromatic nitrogens is 1. The van der Waals surface area contributed by atoms with E-state index in [-0.39, 0.29) is 4.75 Å². The summed E-state index contributed by atoms with van der Waals surface area (Å²) in [4.78, 5) is 4.43. The summed E-state index contributed by atoms with van der Waals surface area (Å²) in [5.41, 5.74) is 1.29. The zero-order chi connectivity index (χ0) is 13.9. The molecular weight excluding hydrogens is 256 g/mol. The number of hydrogen-bond acceptors (Lipinski definition) is 4. The Morgan fingerprint density at radius 1 is 1.47 bits per heavy atom. The van der Waals surface area contributed by atoms with E-state index in [9.17, 15) is 0 Å². The summed E-state index contributed by atoms with van der Waals surface area (Å²) in [6.07, 6.45) is 3.33. The van der Waals surface area contributed by atoms with E-state index in [2.05, 4.69) is 50.1 Å². The van der Waals surface area contributed by atoms with Crippen LogP contribution in [-0.4, -0.2) is 28.5 Å². The second kappa shape index (κ2) is 6.25. The SMILES string of the molecule is CC1OCCC1NCc1ccnc(SC(C)(C)C)c1. The molecule has 3 nitrogen and oxygen atoms in total. The van der Waals surface area contributed by atoms with E-state index < -0.39 is 0 Å². The van der Waals surface area contributed by atoms with Crippen molar-refractivity contribution in [3.05, 3.63) is 23.9 Å². The summed E-state index contributed by atoms with van der Waals surface area (Å²) in [7, 11) is 0. The van der Waals surface area contributed by atoms with Gasteiger partial charge >= 0.3 is 0 Å². The van der Waals surface area contributed by atoms with Gasteiger partial charge in [0, 0.05) is 30.1 Å². The summed E-state index contributed by atoms with van der Waals surface area (Å²) in [6.45, 7) is 10.5. The van der Waals surface area contributed by atoms with Crippen LogP contribution >= 0.6 is 11.8 Å². The molecule has 2 rings (SSSR count). The van der Waals surface area contributed by atoms with Crippen LogP contribution in [0.4, 0.5) is 0 Å². The van der Waals surface area contributed by atoms with Gasteiger partial charge < -0.3 is 10.1 Å². The lowest BCUT2D eigenvalue weighted by molar-refractivity contribution is 0.113. The fourth-order valence-corrected chi connectivity index (χ4v) is 3.13. The topological polar surface area (TPSA) is 34.1 Å². The number of nitrogens with zero attached hydrogens (tertiary/aromatic N) is 1. The first-order valence-corrected chi connectivity index (χ1v) is 7.75. The Hall–Kier alpha value is -0.580. The first-order chi connectivity index (χ1) is 8.94. The van der Waals surface area contributed by atoms with E-state index in [4.69, 9.17) is 4.74 Å². The van der Waals surface area contributed by atoms with Gasteiger partial charge in [0.25, 0.3) is 0 Å². The maximum atomic E-state index is 5.56. The molecule has 1 aliphatic rings. The molecule has 1 aliphatic heterocycles.